The van der Waals surface area contributed by atoms with Gasteiger partial charge in [-0.1, -0.05) is 20.3 Å². The lowest BCUT2D eigenvalue weighted by Gasteiger charge is -2.16. The number of nitrogens with one attached hydrogen (secondary N) is 1. The summed E-state index contributed by atoms with van der Waals surface area (Å²) >= 11 is 0. The molecule has 1 N–H and O–H groups in total. The summed E-state index contributed by atoms with van der Waals surface area (Å²) in [7, 11) is 0. The van der Waals surface area contributed by atoms with Crippen molar-refractivity contribution in [1.82, 2.24) is 14.9 Å². The van der Waals surface area contributed by atoms with E-state index in [2.05, 4.69) is 59.3 Å². The van der Waals surface area contributed by atoms with E-state index < -0.39 is 0 Å². The second-order valence-corrected chi connectivity index (χ2v) is 5.58. The highest BCUT2D eigenvalue weighted by Gasteiger charge is 2.10. The van der Waals surface area contributed by atoms with Crippen LogP contribution in [0, 0.1) is 0 Å². The second-order valence-electron chi connectivity index (χ2n) is 5.58. The molecule has 21 heavy (non-hydrogen) atoms. The number of aromatic nitrogens is 2. The van der Waals surface area contributed by atoms with Crippen LogP contribution in [0.4, 0.5) is 0 Å². The average Bonchev–Trinajstić information content (AvgIpc) is 2.99. The molecule has 0 bridgehead atoms. The SMILES string of the molecule is CCCNC(CCC)c1ccn(CCc2ccncc2)c1. The fourth-order valence-corrected chi connectivity index (χ4v) is 2.61. The van der Waals surface area contributed by atoms with Crippen LogP contribution >= 0.6 is 0 Å². The Morgan fingerprint density at radius 1 is 1.14 bits per heavy atom. The van der Waals surface area contributed by atoms with E-state index in [-0.39, 0.29) is 0 Å². The van der Waals surface area contributed by atoms with Crippen molar-refractivity contribution in [3.8, 4) is 0 Å². The third-order valence-electron chi connectivity index (χ3n) is 3.80. The number of hydrogen-bond acceptors (Lipinski definition) is 2. The van der Waals surface area contributed by atoms with Gasteiger partial charge in [0.1, 0.15) is 0 Å². The summed E-state index contributed by atoms with van der Waals surface area (Å²) < 4.78 is 2.30. The molecule has 0 spiro atoms. The number of aryl methyl sites for hydroxylation is 2. The molecule has 3 nitrogen and oxygen atoms in total. The number of pyridine rings is 1. The Balaban J connectivity index is 1.92. The maximum atomic E-state index is 4.06. The first-order valence-electron chi connectivity index (χ1n) is 8.11. The maximum Gasteiger partial charge on any atom is 0.0335 e. The smallest absolute Gasteiger partial charge is 0.0335 e. The topological polar surface area (TPSA) is 29.9 Å². The van der Waals surface area contributed by atoms with Crippen molar-refractivity contribution in [3.05, 3.63) is 54.1 Å². The van der Waals surface area contributed by atoms with Crippen molar-refractivity contribution < 1.29 is 0 Å². The van der Waals surface area contributed by atoms with Gasteiger partial charge in [-0.15, -0.1) is 0 Å². The summed E-state index contributed by atoms with van der Waals surface area (Å²) in [6.45, 7) is 6.58. The highest BCUT2D eigenvalue weighted by Crippen LogP contribution is 2.19. The van der Waals surface area contributed by atoms with Crippen LogP contribution < -0.4 is 5.32 Å². The van der Waals surface area contributed by atoms with Crippen molar-refractivity contribution in [2.75, 3.05) is 6.54 Å². The Kier molecular flexibility index (Phi) is 6.48. The van der Waals surface area contributed by atoms with Crippen molar-refractivity contribution in [1.29, 1.82) is 0 Å². The van der Waals surface area contributed by atoms with Crippen LogP contribution in [0.25, 0.3) is 0 Å². The van der Waals surface area contributed by atoms with E-state index in [1.807, 2.05) is 12.4 Å². The van der Waals surface area contributed by atoms with E-state index in [1.54, 1.807) is 0 Å². The van der Waals surface area contributed by atoms with Crippen molar-refractivity contribution in [2.24, 2.45) is 0 Å². The normalized spacial score (nSPS) is 12.5. The Hall–Kier alpha value is -1.61. The van der Waals surface area contributed by atoms with Gasteiger partial charge < -0.3 is 9.88 Å². The van der Waals surface area contributed by atoms with Crippen molar-refractivity contribution in [2.45, 2.75) is 52.1 Å². The molecule has 1 unspecified atom stereocenters. The molecule has 2 heterocycles. The van der Waals surface area contributed by atoms with E-state index in [4.69, 9.17) is 0 Å². The van der Waals surface area contributed by atoms with E-state index in [0.29, 0.717) is 6.04 Å². The Bertz CT molecular complexity index is 504. The predicted octanol–water partition coefficient (Wildman–Crippen LogP) is 3.97. The summed E-state index contributed by atoms with van der Waals surface area (Å²) in [4.78, 5) is 4.06. The zero-order valence-electron chi connectivity index (χ0n) is 13.3. The third-order valence-corrected chi connectivity index (χ3v) is 3.80. The van der Waals surface area contributed by atoms with Gasteiger partial charge >= 0.3 is 0 Å². The summed E-state index contributed by atoms with van der Waals surface area (Å²) in [6.07, 6.45) is 12.9. The van der Waals surface area contributed by atoms with Crippen LogP contribution in [0.3, 0.4) is 0 Å². The second kappa shape index (κ2) is 8.63. The van der Waals surface area contributed by atoms with Gasteiger partial charge in [-0.05, 0) is 55.1 Å². The van der Waals surface area contributed by atoms with Gasteiger partial charge in [0, 0.05) is 37.4 Å². The first kappa shape index (κ1) is 15.8. The highest BCUT2D eigenvalue weighted by molar-refractivity contribution is 5.16. The monoisotopic (exact) mass is 285 g/mol. The van der Waals surface area contributed by atoms with Crippen LogP contribution in [-0.2, 0) is 13.0 Å². The molecule has 0 aliphatic carbocycles. The summed E-state index contributed by atoms with van der Waals surface area (Å²) in [5.74, 6) is 0. The molecule has 3 heteroatoms. The maximum absolute atomic E-state index is 4.06. The number of hydrogen-bond donors (Lipinski definition) is 1. The van der Waals surface area contributed by atoms with Gasteiger partial charge in [0.05, 0.1) is 0 Å². The minimum Gasteiger partial charge on any atom is -0.354 e. The zero-order valence-corrected chi connectivity index (χ0v) is 13.3. The van der Waals surface area contributed by atoms with E-state index >= 15 is 0 Å². The van der Waals surface area contributed by atoms with Gasteiger partial charge in [0.2, 0.25) is 0 Å². The average molecular weight is 285 g/mol. The van der Waals surface area contributed by atoms with Crippen LogP contribution in [0.2, 0.25) is 0 Å². The lowest BCUT2D eigenvalue weighted by Crippen LogP contribution is -2.21. The summed E-state index contributed by atoms with van der Waals surface area (Å²) in [5, 5.41) is 3.65. The minimum atomic E-state index is 0.497. The molecule has 0 aliphatic heterocycles. The molecule has 0 radical (unpaired) electrons. The van der Waals surface area contributed by atoms with E-state index in [0.717, 1.165) is 19.5 Å². The van der Waals surface area contributed by atoms with Gasteiger partial charge in [-0.3, -0.25) is 4.98 Å². The molecule has 0 saturated carbocycles. The molecule has 2 aromatic heterocycles. The van der Waals surface area contributed by atoms with Crippen LogP contribution in [-0.4, -0.2) is 16.1 Å². The fourth-order valence-electron chi connectivity index (χ4n) is 2.61. The molecule has 2 aromatic rings. The molecule has 0 aromatic carbocycles. The van der Waals surface area contributed by atoms with Gasteiger partial charge in [0.15, 0.2) is 0 Å². The molecule has 114 valence electrons. The molecule has 2 rings (SSSR count). The standard InChI is InChI=1S/C18H27N3/c1-3-5-18(20-10-4-2)17-9-14-21(15-17)13-8-16-6-11-19-12-7-16/h6-7,9,11-12,14-15,18,20H,3-5,8,10,13H2,1-2H3. The molecule has 0 saturated heterocycles. The Labute approximate surface area is 128 Å². The lowest BCUT2D eigenvalue weighted by atomic mass is 10.1. The van der Waals surface area contributed by atoms with Gasteiger partial charge in [-0.2, -0.15) is 0 Å². The first-order valence-corrected chi connectivity index (χ1v) is 8.11. The lowest BCUT2D eigenvalue weighted by molar-refractivity contribution is 0.493. The summed E-state index contributed by atoms with van der Waals surface area (Å²) in [5.41, 5.74) is 2.76. The molecule has 1 atom stereocenters. The first-order chi connectivity index (χ1) is 10.3. The molecular formula is C18H27N3. The van der Waals surface area contributed by atoms with Crippen LogP contribution in [0.15, 0.2) is 43.0 Å². The summed E-state index contributed by atoms with van der Waals surface area (Å²) in [6, 6.07) is 6.94. The van der Waals surface area contributed by atoms with Crippen molar-refractivity contribution in [3.63, 3.8) is 0 Å². The van der Waals surface area contributed by atoms with E-state index in [1.165, 1.54) is 30.4 Å². The van der Waals surface area contributed by atoms with Crippen molar-refractivity contribution >= 4 is 0 Å². The zero-order chi connectivity index (χ0) is 14.9. The predicted molar refractivity (Wildman–Crippen MR) is 88.3 cm³/mol. The molecule has 0 amide bonds. The Morgan fingerprint density at radius 2 is 1.95 bits per heavy atom. The minimum absolute atomic E-state index is 0.497. The fraction of sp³-hybridized carbons (Fsp3) is 0.500. The number of rotatable bonds is 9. The molecular weight excluding hydrogens is 258 g/mol. The Morgan fingerprint density at radius 3 is 2.67 bits per heavy atom. The van der Waals surface area contributed by atoms with Crippen LogP contribution in [0.5, 0.6) is 0 Å². The van der Waals surface area contributed by atoms with E-state index in [9.17, 15) is 0 Å². The van der Waals surface area contributed by atoms with Gasteiger partial charge in [0.25, 0.3) is 0 Å². The number of nitrogens with zero attached hydrogens (tertiary/aromatic N) is 2. The third kappa shape index (κ3) is 5.01. The van der Waals surface area contributed by atoms with Gasteiger partial charge in [-0.25, -0.2) is 0 Å². The van der Waals surface area contributed by atoms with Crippen LogP contribution in [0.1, 0.15) is 50.3 Å². The molecule has 0 fully saturated rings. The quantitative estimate of drug-likeness (QED) is 0.755. The molecule has 0 aliphatic rings. The largest absolute Gasteiger partial charge is 0.354 e. The highest BCUT2D eigenvalue weighted by atomic mass is 15.0.